The van der Waals surface area contributed by atoms with Crippen molar-refractivity contribution in [3.8, 4) is 0 Å². The summed E-state index contributed by atoms with van der Waals surface area (Å²) < 4.78 is 0. The van der Waals surface area contributed by atoms with E-state index in [-0.39, 0.29) is 24.3 Å². The SMILES string of the molecule is CCC(C(=O)O)N1C(=O)C=CC1=O.O=C1CCC(=O)N1O. The zero-order chi connectivity index (χ0) is 16.2. The quantitative estimate of drug-likeness (QED) is 0.520. The van der Waals surface area contributed by atoms with Crippen LogP contribution in [0.4, 0.5) is 0 Å². The Morgan fingerprint density at radius 3 is 1.81 bits per heavy atom. The molecule has 114 valence electrons. The van der Waals surface area contributed by atoms with Crippen LogP contribution in [0.25, 0.3) is 0 Å². The zero-order valence-corrected chi connectivity index (χ0v) is 11.2. The van der Waals surface area contributed by atoms with Gasteiger partial charge in [-0.1, -0.05) is 6.92 Å². The van der Waals surface area contributed by atoms with Crippen LogP contribution in [0.2, 0.25) is 0 Å². The van der Waals surface area contributed by atoms with Crippen LogP contribution >= 0.6 is 0 Å². The summed E-state index contributed by atoms with van der Waals surface area (Å²) >= 11 is 0. The van der Waals surface area contributed by atoms with Crippen molar-refractivity contribution in [2.75, 3.05) is 0 Å². The van der Waals surface area contributed by atoms with Gasteiger partial charge in [0.1, 0.15) is 6.04 Å². The maximum Gasteiger partial charge on any atom is 0.326 e. The Kier molecular flexibility index (Phi) is 5.30. The van der Waals surface area contributed by atoms with Crippen LogP contribution in [0.3, 0.4) is 0 Å². The number of aliphatic carboxylic acids is 1. The smallest absolute Gasteiger partial charge is 0.326 e. The molecular weight excluding hydrogens is 284 g/mol. The molecule has 1 fully saturated rings. The molecule has 2 N–H and O–H groups in total. The molecule has 0 aromatic heterocycles. The number of imide groups is 2. The lowest BCUT2D eigenvalue weighted by Crippen LogP contribution is -2.44. The number of carbonyl (C=O) groups excluding carboxylic acids is 4. The van der Waals surface area contributed by atoms with Gasteiger partial charge in [0.05, 0.1) is 0 Å². The number of rotatable bonds is 3. The van der Waals surface area contributed by atoms with Gasteiger partial charge in [-0.15, -0.1) is 0 Å². The zero-order valence-electron chi connectivity index (χ0n) is 11.2. The highest BCUT2D eigenvalue weighted by molar-refractivity contribution is 6.14. The van der Waals surface area contributed by atoms with Crippen molar-refractivity contribution in [1.29, 1.82) is 0 Å². The van der Waals surface area contributed by atoms with Gasteiger partial charge in [-0.25, -0.2) is 4.79 Å². The molecule has 1 atom stereocenters. The van der Waals surface area contributed by atoms with Crippen LogP contribution in [-0.2, 0) is 24.0 Å². The fraction of sp³-hybridized carbons (Fsp3) is 0.417. The highest BCUT2D eigenvalue weighted by Crippen LogP contribution is 2.11. The number of hydrogen-bond donors (Lipinski definition) is 2. The summed E-state index contributed by atoms with van der Waals surface area (Å²) in [5, 5.41) is 17.3. The van der Waals surface area contributed by atoms with Gasteiger partial charge < -0.3 is 5.11 Å². The maximum atomic E-state index is 11.0. The first-order valence-electron chi connectivity index (χ1n) is 6.12. The van der Waals surface area contributed by atoms with Gasteiger partial charge in [0.15, 0.2) is 0 Å². The van der Waals surface area contributed by atoms with Gasteiger partial charge in [-0.05, 0) is 6.42 Å². The minimum Gasteiger partial charge on any atom is -0.480 e. The first-order valence-corrected chi connectivity index (χ1v) is 6.12. The minimum absolute atomic E-state index is 0.148. The second-order valence-corrected chi connectivity index (χ2v) is 4.24. The third-order valence-electron chi connectivity index (χ3n) is 2.85. The number of hydrogen-bond acceptors (Lipinski definition) is 6. The van der Waals surface area contributed by atoms with Crippen molar-refractivity contribution in [3.05, 3.63) is 12.2 Å². The number of hydroxylamine groups is 2. The van der Waals surface area contributed by atoms with Crippen molar-refractivity contribution in [3.63, 3.8) is 0 Å². The molecule has 2 aliphatic heterocycles. The highest BCUT2D eigenvalue weighted by Gasteiger charge is 2.34. The summed E-state index contributed by atoms with van der Waals surface area (Å²) in [5.74, 6) is -3.28. The van der Waals surface area contributed by atoms with Crippen molar-refractivity contribution in [2.45, 2.75) is 32.2 Å². The van der Waals surface area contributed by atoms with Crippen LogP contribution in [0.15, 0.2) is 12.2 Å². The van der Waals surface area contributed by atoms with Crippen LogP contribution in [0.1, 0.15) is 26.2 Å². The summed E-state index contributed by atoms with van der Waals surface area (Å²) in [7, 11) is 0. The lowest BCUT2D eigenvalue weighted by molar-refractivity contribution is -0.171. The molecule has 0 spiro atoms. The molecule has 2 aliphatic rings. The topological polar surface area (TPSA) is 132 Å². The summed E-state index contributed by atoms with van der Waals surface area (Å²) in [5.41, 5.74) is 0. The van der Waals surface area contributed by atoms with Crippen molar-refractivity contribution in [2.24, 2.45) is 0 Å². The van der Waals surface area contributed by atoms with Crippen molar-refractivity contribution in [1.82, 2.24) is 9.96 Å². The molecule has 0 aromatic rings. The van der Waals surface area contributed by atoms with Crippen LogP contribution in [0, 0.1) is 0 Å². The van der Waals surface area contributed by atoms with E-state index >= 15 is 0 Å². The summed E-state index contributed by atoms with van der Waals surface area (Å²) in [6, 6.07) is -1.05. The number of nitrogens with zero attached hydrogens (tertiary/aromatic N) is 2. The van der Waals surface area contributed by atoms with E-state index in [1.54, 1.807) is 6.92 Å². The highest BCUT2D eigenvalue weighted by atomic mass is 16.5. The molecule has 1 unspecified atom stereocenters. The Balaban J connectivity index is 0.000000235. The van der Waals surface area contributed by atoms with Crippen molar-refractivity contribution < 1.29 is 34.3 Å². The van der Waals surface area contributed by atoms with Gasteiger partial charge in [0.2, 0.25) is 0 Å². The molecule has 4 amide bonds. The maximum absolute atomic E-state index is 11.0. The molecule has 2 heterocycles. The van der Waals surface area contributed by atoms with E-state index in [4.69, 9.17) is 10.3 Å². The lowest BCUT2D eigenvalue weighted by Gasteiger charge is -2.20. The number of amides is 4. The van der Waals surface area contributed by atoms with E-state index < -0.39 is 35.6 Å². The average Bonchev–Trinajstić information content (AvgIpc) is 2.90. The first kappa shape index (κ1) is 16.5. The fourth-order valence-corrected chi connectivity index (χ4v) is 1.75. The first-order chi connectivity index (χ1) is 9.79. The molecule has 9 heteroatoms. The van der Waals surface area contributed by atoms with E-state index in [9.17, 15) is 24.0 Å². The molecule has 2 rings (SSSR count). The summed E-state index contributed by atoms with van der Waals surface area (Å²) in [6.45, 7) is 1.61. The molecular formula is C12H14N2O7. The van der Waals surface area contributed by atoms with Crippen molar-refractivity contribution >= 4 is 29.6 Å². The third-order valence-corrected chi connectivity index (χ3v) is 2.85. The van der Waals surface area contributed by atoms with E-state index in [1.807, 2.05) is 0 Å². The Morgan fingerprint density at radius 2 is 1.57 bits per heavy atom. The van der Waals surface area contributed by atoms with Gasteiger partial charge >= 0.3 is 5.97 Å². The van der Waals surface area contributed by atoms with E-state index in [1.165, 1.54) is 0 Å². The third kappa shape index (κ3) is 3.72. The normalized spacial score (nSPS) is 19.0. The number of carboxylic acid groups (broad SMARTS) is 1. The predicted octanol–water partition coefficient (Wildman–Crippen LogP) is -0.701. The minimum atomic E-state index is -1.16. The van der Waals surface area contributed by atoms with E-state index in [2.05, 4.69) is 0 Å². The molecule has 9 nitrogen and oxygen atoms in total. The standard InChI is InChI=1S/C8H9NO4.C4H5NO3/c1-2-5(8(12)13)9-6(10)3-4-7(9)11;6-3-1-2-4(7)5(3)8/h3-5H,2H2,1H3,(H,12,13);8H,1-2H2. The Hall–Kier alpha value is -2.55. The molecule has 0 aliphatic carbocycles. The van der Waals surface area contributed by atoms with Crippen LogP contribution in [-0.4, -0.2) is 55.9 Å². The Labute approximate surface area is 119 Å². The summed E-state index contributed by atoms with van der Waals surface area (Å²) in [4.78, 5) is 54.0. The second-order valence-electron chi connectivity index (χ2n) is 4.24. The molecule has 0 aromatic carbocycles. The largest absolute Gasteiger partial charge is 0.480 e. The van der Waals surface area contributed by atoms with Gasteiger partial charge in [-0.3, -0.25) is 29.3 Å². The molecule has 0 bridgehead atoms. The molecule has 0 radical (unpaired) electrons. The van der Waals surface area contributed by atoms with E-state index in [0.717, 1.165) is 17.1 Å². The van der Waals surface area contributed by atoms with Gasteiger partial charge in [0.25, 0.3) is 23.6 Å². The average molecular weight is 298 g/mol. The Morgan fingerprint density at radius 1 is 1.14 bits per heavy atom. The second kappa shape index (κ2) is 6.75. The number of carbonyl (C=O) groups is 5. The lowest BCUT2D eigenvalue weighted by atomic mass is 10.2. The van der Waals surface area contributed by atoms with Crippen LogP contribution in [0.5, 0.6) is 0 Å². The number of carboxylic acids is 1. The monoisotopic (exact) mass is 298 g/mol. The van der Waals surface area contributed by atoms with Crippen LogP contribution < -0.4 is 0 Å². The Bertz CT molecular complexity index is 492. The van der Waals surface area contributed by atoms with Gasteiger partial charge in [0, 0.05) is 25.0 Å². The summed E-state index contributed by atoms with van der Waals surface area (Å²) in [6.07, 6.45) is 2.67. The molecule has 0 saturated carbocycles. The molecule has 1 saturated heterocycles. The fourth-order valence-electron chi connectivity index (χ4n) is 1.75. The van der Waals surface area contributed by atoms with Gasteiger partial charge in [-0.2, -0.15) is 5.06 Å². The predicted molar refractivity (Wildman–Crippen MR) is 65.6 cm³/mol. The molecule has 21 heavy (non-hydrogen) atoms. The van der Waals surface area contributed by atoms with E-state index in [0.29, 0.717) is 0 Å².